The molecule has 1 aromatic heterocycles. The molecule has 7 heteroatoms. The van der Waals surface area contributed by atoms with Gasteiger partial charge >= 0.3 is 5.97 Å². The first-order chi connectivity index (χ1) is 11.0. The number of nitrogens with one attached hydrogen (secondary N) is 1. The summed E-state index contributed by atoms with van der Waals surface area (Å²) in [5, 5.41) is 6.80. The van der Waals surface area contributed by atoms with Crippen molar-refractivity contribution in [1.29, 1.82) is 0 Å². The molecule has 0 saturated heterocycles. The maximum atomic E-state index is 12.4. The number of carbonyl (C=O) groups excluding carboxylic acids is 2. The number of hydrogen-bond donors (Lipinski definition) is 1. The van der Waals surface area contributed by atoms with E-state index in [-0.39, 0.29) is 11.6 Å². The monoisotopic (exact) mass is 317 g/mol. The van der Waals surface area contributed by atoms with Crippen molar-refractivity contribution in [3.63, 3.8) is 0 Å². The predicted octanol–water partition coefficient (Wildman–Crippen LogP) is 2.17. The number of anilines is 1. The Labute approximate surface area is 134 Å². The summed E-state index contributed by atoms with van der Waals surface area (Å²) in [7, 11) is 2.96. The van der Waals surface area contributed by atoms with E-state index >= 15 is 0 Å². The molecule has 0 spiro atoms. The van der Waals surface area contributed by atoms with E-state index in [0.29, 0.717) is 29.3 Å². The number of rotatable bonds is 5. The zero-order valence-electron chi connectivity index (χ0n) is 13.5. The number of methoxy groups -OCH3 is 1. The van der Waals surface area contributed by atoms with E-state index in [0.717, 1.165) is 0 Å². The van der Waals surface area contributed by atoms with Crippen LogP contribution in [0, 0.1) is 6.92 Å². The molecule has 2 aromatic rings. The molecule has 0 aliphatic heterocycles. The number of benzene rings is 1. The second-order valence-electron chi connectivity index (χ2n) is 4.84. The maximum Gasteiger partial charge on any atom is 0.360 e. The molecule has 0 saturated carbocycles. The lowest BCUT2D eigenvalue weighted by molar-refractivity contribution is 0.0594. The largest absolute Gasteiger partial charge is 0.494 e. The van der Waals surface area contributed by atoms with Crippen LogP contribution < -0.4 is 10.1 Å². The van der Waals surface area contributed by atoms with Gasteiger partial charge in [0.15, 0.2) is 5.69 Å². The molecule has 0 atom stereocenters. The molecule has 122 valence electrons. The Morgan fingerprint density at radius 2 is 2.09 bits per heavy atom. The lowest BCUT2D eigenvalue weighted by Crippen LogP contribution is -2.15. The summed E-state index contributed by atoms with van der Waals surface area (Å²) < 4.78 is 11.6. The Kier molecular flexibility index (Phi) is 5.00. The Hall–Kier alpha value is -2.83. The quantitative estimate of drug-likeness (QED) is 0.855. The second-order valence-corrected chi connectivity index (χ2v) is 4.84. The molecule has 0 radical (unpaired) electrons. The van der Waals surface area contributed by atoms with Crippen molar-refractivity contribution >= 4 is 17.6 Å². The number of ether oxygens (including phenoxy) is 2. The lowest BCUT2D eigenvalue weighted by atomic mass is 10.2. The van der Waals surface area contributed by atoms with Gasteiger partial charge in [0.1, 0.15) is 5.75 Å². The Morgan fingerprint density at radius 1 is 1.35 bits per heavy atom. The van der Waals surface area contributed by atoms with Crippen LogP contribution in [0.3, 0.4) is 0 Å². The highest BCUT2D eigenvalue weighted by Gasteiger charge is 2.22. The van der Waals surface area contributed by atoms with E-state index in [2.05, 4.69) is 10.4 Å². The van der Waals surface area contributed by atoms with Crippen LogP contribution in [0.5, 0.6) is 5.75 Å². The van der Waals surface area contributed by atoms with Gasteiger partial charge in [0.25, 0.3) is 5.91 Å². The molecule has 2 rings (SSSR count). The Morgan fingerprint density at radius 3 is 2.74 bits per heavy atom. The molecule has 1 amide bonds. The van der Waals surface area contributed by atoms with Crippen LogP contribution in [-0.2, 0) is 11.8 Å². The van der Waals surface area contributed by atoms with Crippen molar-refractivity contribution in [3.8, 4) is 5.75 Å². The summed E-state index contributed by atoms with van der Waals surface area (Å²) in [6.07, 6.45) is 0. The van der Waals surface area contributed by atoms with Gasteiger partial charge in [-0.05, 0) is 32.0 Å². The van der Waals surface area contributed by atoms with E-state index in [1.54, 1.807) is 38.2 Å². The van der Waals surface area contributed by atoms with Crippen molar-refractivity contribution in [1.82, 2.24) is 9.78 Å². The van der Waals surface area contributed by atoms with Crippen LogP contribution in [0.1, 0.15) is 33.5 Å². The smallest absolute Gasteiger partial charge is 0.360 e. The fourth-order valence-electron chi connectivity index (χ4n) is 2.08. The van der Waals surface area contributed by atoms with Gasteiger partial charge in [0.2, 0.25) is 0 Å². The third-order valence-corrected chi connectivity index (χ3v) is 3.36. The van der Waals surface area contributed by atoms with Gasteiger partial charge in [-0.25, -0.2) is 4.79 Å². The van der Waals surface area contributed by atoms with Gasteiger partial charge in [-0.1, -0.05) is 6.07 Å². The first-order valence-electron chi connectivity index (χ1n) is 7.14. The summed E-state index contributed by atoms with van der Waals surface area (Å²) in [5.41, 5.74) is 1.49. The number of hydrogen-bond acceptors (Lipinski definition) is 5. The topological polar surface area (TPSA) is 82.4 Å². The van der Waals surface area contributed by atoms with Crippen LogP contribution in [0.2, 0.25) is 0 Å². The molecular formula is C16H19N3O4. The zero-order valence-corrected chi connectivity index (χ0v) is 13.5. The number of carbonyl (C=O) groups is 2. The minimum absolute atomic E-state index is 0.0711. The van der Waals surface area contributed by atoms with Crippen LogP contribution >= 0.6 is 0 Å². The van der Waals surface area contributed by atoms with Crippen molar-refractivity contribution in [2.24, 2.45) is 7.05 Å². The molecular weight excluding hydrogens is 298 g/mol. The first-order valence-corrected chi connectivity index (χ1v) is 7.14. The highest BCUT2D eigenvalue weighted by molar-refractivity contribution is 6.08. The number of amides is 1. The van der Waals surface area contributed by atoms with Crippen LogP contribution in [-0.4, -0.2) is 35.4 Å². The molecule has 0 unspecified atom stereocenters. The highest BCUT2D eigenvalue weighted by atomic mass is 16.5. The fraction of sp³-hybridized carbons (Fsp3) is 0.312. The van der Waals surface area contributed by atoms with Crippen molar-refractivity contribution < 1.29 is 19.1 Å². The molecule has 1 heterocycles. The Bertz CT molecular complexity index is 737. The lowest BCUT2D eigenvalue weighted by Gasteiger charge is -2.08. The van der Waals surface area contributed by atoms with Gasteiger partial charge < -0.3 is 14.8 Å². The fourth-order valence-corrected chi connectivity index (χ4v) is 2.08. The number of aromatic nitrogens is 2. The van der Waals surface area contributed by atoms with Crippen LogP contribution in [0.15, 0.2) is 24.3 Å². The van der Waals surface area contributed by atoms with Crippen molar-refractivity contribution in [2.45, 2.75) is 13.8 Å². The van der Waals surface area contributed by atoms with Gasteiger partial charge in [-0.15, -0.1) is 0 Å². The third kappa shape index (κ3) is 3.50. The molecule has 7 nitrogen and oxygen atoms in total. The van der Waals surface area contributed by atoms with Gasteiger partial charge in [0.05, 0.1) is 25.1 Å². The van der Waals surface area contributed by atoms with Gasteiger partial charge in [0, 0.05) is 12.6 Å². The van der Waals surface area contributed by atoms with Gasteiger partial charge in [-0.3, -0.25) is 9.48 Å². The van der Waals surface area contributed by atoms with Crippen LogP contribution in [0.4, 0.5) is 5.69 Å². The minimum atomic E-state index is -0.605. The summed E-state index contributed by atoms with van der Waals surface area (Å²) >= 11 is 0. The number of esters is 1. The average Bonchev–Trinajstić information content (AvgIpc) is 2.83. The molecule has 1 N–H and O–H groups in total. The van der Waals surface area contributed by atoms with Gasteiger partial charge in [-0.2, -0.15) is 5.10 Å². The van der Waals surface area contributed by atoms with E-state index in [9.17, 15) is 9.59 Å². The van der Waals surface area contributed by atoms with Crippen LogP contribution in [0.25, 0.3) is 0 Å². The predicted molar refractivity (Wildman–Crippen MR) is 84.8 cm³/mol. The van der Waals surface area contributed by atoms with E-state index in [1.807, 2.05) is 6.92 Å². The minimum Gasteiger partial charge on any atom is -0.494 e. The average molecular weight is 317 g/mol. The molecule has 0 aliphatic carbocycles. The van der Waals surface area contributed by atoms with E-state index in [1.165, 1.54) is 11.8 Å². The molecule has 0 fully saturated rings. The molecule has 0 aliphatic rings. The maximum absolute atomic E-state index is 12.4. The summed E-state index contributed by atoms with van der Waals surface area (Å²) in [5.74, 6) is -0.351. The summed E-state index contributed by atoms with van der Waals surface area (Å²) in [6, 6.07) is 6.82. The second kappa shape index (κ2) is 6.95. The van der Waals surface area contributed by atoms with E-state index in [4.69, 9.17) is 9.47 Å². The molecule has 23 heavy (non-hydrogen) atoms. The number of aryl methyl sites for hydroxylation is 1. The number of nitrogens with zero attached hydrogens (tertiary/aromatic N) is 2. The summed E-state index contributed by atoms with van der Waals surface area (Å²) in [4.78, 5) is 24.2. The molecule has 0 bridgehead atoms. The van der Waals surface area contributed by atoms with Crippen molar-refractivity contribution in [2.75, 3.05) is 19.0 Å². The zero-order chi connectivity index (χ0) is 17.0. The van der Waals surface area contributed by atoms with E-state index < -0.39 is 5.97 Å². The van der Waals surface area contributed by atoms with Crippen molar-refractivity contribution in [3.05, 3.63) is 41.2 Å². The highest BCUT2D eigenvalue weighted by Crippen LogP contribution is 2.22. The molecule has 1 aromatic carbocycles. The summed E-state index contributed by atoms with van der Waals surface area (Å²) in [6.45, 7) is 4.14. The standard InChI is InChI=1S/C16H19N3O4/c1-5-23-12-8-6-7-11(9-12)15(20)17-13-10(2)19(3)18-14(13)16(21)22-4/h6-9H,5H2,1-4H3,(H,17,20). The Balaban J connectivity index is 2.30. The normalized spacial score (nSPS) is 10.3. The first kappa shape index (κ1) is 16.5. The third-order valence-electron chi connectivity index (χ3n) is 3.36. The SMILES string of the molecule is CCOc1cccc(C(=O)Nc2c(C(=O)OC)nn(C)c2C)c1.